The maximum Gasteiger partial charge on any atom is 0.135 e. The molecule has 314 valence electrons. The van der Waals surface area contributed by atoms with E-state index in [0.717, 1.165) is 51.6 Å². The van der Waals surface area contributed by atoms with Crippen LogP contribution < -0.4 is 0 Å². The molecule has 1 atom stereocenters. The van der Waals surface area contributed by atoms with Crippen molar-refractivity contribution in [2.45, 2.75) is 24.2 Å². The molecule has 2 aliphatic rings. The smallest absolute Gasteiger partial charge is 0.135 e. The van der Waals surface area contributed by atoms with Gasteiger partial charge >= 0.3 is 0 Å². The van der Waals surface area contributed by atoms with Gasteiger partial charge in [0.15, 0.2) is 0 Å². The van der Waals surface area contributed by atoms with Crippen molar-refractivity contribution >= 4 is 65.7 Å². The Morgan fingerprint density at radius 3 is 1.72 bits per heavy atom. The zero-order valence-corrected chi connectivity index (χ0v) is 36.5. The highest BCUT2D eigenvalue weighted by molar-refractivity contribution is 6.11. The topological polar surface area (TPSA) is 31.2 Å². The van der Waals surface area contributed by atoms with Crippen LogP contribution in [0.5, 0.6) is 0 Å². The number of para-hydroxylation sites is 3. The van der Waals surface area contributed by atoms with E-state index in [2.05, 4.69) is 211 Å². The molecule has 1 unspecified atom stereocenters. The lowest BCUT2D eigenvalue weighted by molar-refractivity contribution is 0.668. The third-order valence-corrected chi connectivity index (χ3v) is 15.4. The molecule has 13 aromatic rings. The van der Waals surface area contributed by atoms with E-state index in [-0.39, 0.29) is 5.92 Å². The number of fused-ring (bicyclic) bond motifs is 15. The van der Waals surface area contributed by atoms with Gasteiger partial charge in [-0.15, -0.1) is 0 Å². The van der Waals surface area contributed by atoms with Crippen LogP contribution in [0.2, 0.25) is 0 Å². The Kier molecular flexibility index (Phi) is 7.60. The first-order valence-electron chi connectivity index (χ1n) is 23.5. The molecular formula is C64H41NO2. The molecule has 0 aliphatic heterocycles. The summed E-state index contributed by atoms with van der Waals surface area (Å²) in [4.78, 5) is 0. The Hall–Kier alpha value is -8.40. The number of benzene rings is 10. The second kappa shape index (κ2) is 13.8. The van der Waals surface area contributed by atoms with Gasteiger partial charge in [-0.2, -0.15) is 0 Å². The summed E-state index contributed by atoms with van der Waals surface area (Å²) in [7, 11) is 0. The fourth-order valence-electron chi connectivity index (χ4n) is 12.4. The summed E-state index contributed by atoms with van der Waals surface area (Å²) in [5, 5.41) is 7.07. The third kappa shape index (κ3) is 5.11. The fraction of sp³-hybridized carbons (Fsp3) is 0.0625. The summed E-state index contributed by atoms with van der Waals surface area (Å²) >= 11 is 0. The van der Waals surface area contributed by atoms with Crippen LogP contribution in [0, 0.1) is 0 Å². The highest BCUT2D eigenvalue weighted by Gasteiger charge is 2.46. The van der Waals surface area contributed by atoms with Gasteiger partial charge in [0.05, 0.1) is 16.4 Å². The summed E-state index contributed by atoms with van der Waals surface area (Å²) in [6.45, 7) is 0. The average Bonchev–Trinajstić information content (AvgIpc) is 4.10. The molecule has 67 heavy (non-hydrogen) atoms. The van der Waals surface area contributed by atoms with Crippen molar-refractivity contribution in [3.63, 3.8) is 0 Å². The Morgan fingerprint density at radius 2 is 0.955 bits per heavy atom. The van der Waals surface area contributed by atoms with E-state index >= 15 is 0 Å². The number of hydrogen-bond donors (Lipinski definition) is 0. The molecule has 15 rings (SSSR count). The van der Waals surface area contributed by atoms with Gasteiger partial charge in [-0.25, -0.2) is 0 Å². The molecule has 0 saturated carbocycles. The Balaban J connectivity index is 0.948. The zero-order valence-electron chi connectivity index (χ0n) is 36.5. The highest BCUT2D eigenvalue weighted by atomic mass is 16.3. The molecule has 3 heterocycles. The summed E-state index contributed by atoms with van der Waals surface area (Å²) < 4.78 is 15.0. The predicted octanol–water partition coefficient (Wildman–Crippen LogP) is 16.7. The van der Waals surface area contributed by atoms with E-state index in [1.807, 2.05) is 12.1 Å². The lowest BCUT2D eigenvalue weighted by atomic mass is 9.67. The molecular weight excluding hydrogens is 815 g/mol. The lowest BCUT2D eigenvalue weighted by Crippen LogP contribution is -2.28. The van der Waals surface area contributed by atoms with Gasteiger partial charge in [0.2, 0.25) is 0 Å². The number of aryl methyl sites for hydroxylation is 1. The summed E-state index contributed by atoms with van der Waals surface area (Å²) in [5.74, 6) is 0.236. The molecule has 2 aliphatic carbocycles. The number of hydrogen-bond acceptors (Lipinski definition) is 2. The molecule has 0 spiro atoms. The molecule has 3 nitrogen and oxygen atoms in total. The van der Waals surface area contributed by atoms with Gasteiger partial charge in [-0.05, 0) is 141 Å². The van der Waals surface area contributed by atoms with Crippen molar-refractivity contribution in [2.24, 2.45) is 0 Å². The number of rotatable bonds is 4. The van der Waals surface area contributed by atoms with E-state index in [1.54, 1.807) is 0 Å². The van der Waals surface area contributed by atoms with Crippen LogP contribution in [0.4, 0.5) is 0 Å². The van der Waals surface area contributed by atoms with Crippen LogP contribution in [0.25, 0.3) is 93.6 Å². The molecule has 0 amide bonds. The predicted molar refractivity (Wildman–Crippen MR) is 275 cm³/mol. The SMILES string of the molecule is c1ccc2c(c1)-c1cc(C3(c4ccc5c(c4)c4ccccc4n5-c4ccc5oc6ccccc6c5c4)c4ccccc4-c4ccccc43)ccc1CCC2c1ccc2oc3ccccc3c2c1. The quantitative estimate of drug-likeness (QED) is 0.177. The number of nitrogens with zero attached hydrogens (tertiary/aromatic N) is 1. The van der Waals surface area contributed by atoms with Gasteiger partial charge in [0.25, 0.3) is 0 Å². The molecule has 0 N–H and O–H groups in total. The van der Waals surface area contributed by atoms with Crippen LogP contribution in [0.15, 0.2) is 227 Å². The van der Waals surface area contributed by atoms with E-state index < -0.39 is 5.41 Å². The Labute approximate surface area is 386 Å². The molecule has 3 heteroatoms. The van der Waals surface area contributed by atoms with Crippen molar-refractivity contribution in [3.05, 3.63) is 257 Å². The third-order valence-electron chi connectivity index (χ3n) is 15.4. The van der Waals surface area contributed by atoms with Gasteiger partial charge in [-0.1, -0.05) is 152 Å². The van der Waals surface area contributed by atoms with E-state index in [0.29, 0.717) is 0 Å². The van der Waals surface area contributed by atoms with Crippen LogP contribution in [0.3, 0.4) is 0 Å². The van der Waals surface area contributed by atoms with Crippen molar-refractivity contribution in [2.75, 3.05) is 0 Å². The zero-order chi connectivity index (χ0) is 43.8. The Morgan fingerprint density at radius 1 is 0.388 bits per heavy atom. The first kappa shape index (κ1) is 36.9. The summed E-state index contributed by atoms with van der Waals surface area (Å²) in [6.07, 6.45) is 2.00. The fourth-order valence-corrected chi connectivity index (χ4v) is 12.4. The number of aromatic nitrogens is 1. The van der Waals surface area contributed by atoms with Crippen molar-refractivity contribution in [3.8, 4) is 27.9 Å². The maximum atomic E-state index is 6.28. The molecule has 0 saturated heterocycles. The van der Waals surface area contributed by atoms with Crippen LogP contribution >= 0.6 is 0 Å². The van der Waals surface area contributed by atoms with Gasteiger partial charge in [0, 0.05) is 43.9 Å². The standard InChI is InChI=1S/C64H41NO2/c1-2-14-46-45(13-1)44(40-27-33-62-54(35-40)50-18-6-11-23-60(50)66-62)31-26-39-25-28-41(36-52(39)46)64(56-20-8-3-15-47(56)48-16-4-9-21-57(48)64)42-29-32-59-53(37-42)49-17-5-10-22-58(49)65(59)43-30-34-63-55(38-43)51-19-7-12-24-61(51)67-63/h1-25,27-30,32-38,44H,26,31H2. The minimum absolute atomic E-state index is 0.236. The van der Waals surface area contributed by atoms with Crippen molar-refractivity contribution in [1.82, 2.24) is 4.57 Å². The van der Waals surface area contributed by atoms with Gasteiger partial charge in [0.1, 0.15) is 22.3 Å². The second-order valence-electron chi connectivity index (χ2n) is 18.6. The maximum absolute atomic E-state index is 6.28. The molecule has 10 aromatic carbocycles. The largest absolute Gasteiger partial charge is 0.456 e. The van der Waals surface area contributed by atoms with E-state index in [9.17, 15) is 0 Å². The van der Waals surface area contributed by atoms with Gasteiger partial charge < -0.3 is 13.4 Å². The van der Waals surface area contributed by atoms with Crippen molar-refractivity contribution in [1.29, 1.82) is 0 Å². The van der Waals surface area contributed by atoms with Crippen LogP contribution in [-0.2, 0) is 11.8 Å². The monoisotopic (exact) mass is 855 g/mol. The van der Waals surface area contributed by atoms with E-state index in [1.165, 1.54) is 93.8 Å². The first-order chi connectivity index (χ1) is 33.2. The summed E-state index contributed by atoms with van der Waals surface area (Å²) in [6, 6.07) is 81.2. The minimum Gasteiger partial charge on any atom is -0.456 e. The molecule has 0 bridgehead atoms. The average molecular weight is 856 g/mol. The highest BCUT2D eigenvalue weighted by Crippen LogP contribution is 2.57. The van der Waals surface area contributed by atoms with Crippen molar-refractivity contribution < 1.29 is 8.83 Å². The molecule has 0 radical (unpaired) electrons. The van der Waals surface area contributed by atoms with Crippen LogP contribution in [-0.4, -0.2) is 4.57 Å². The van der Waals surface area contributed by atoms with E-state index in [4.69, 9.17) is 8.83 Å². The Bertz CT molecular complexity index is 4150. The second-order valence-corrected chi connectivity index (χ2v) is 18.6. The summed E-state index contributed by atoms with van der Waals surface area (Å²) in [5.41, 5.74) is 21.1. The van der Waals surface area contributed by atoms with Gasteiger partial charge in [-0.3, -0.25) is 0 Å². The van der Waals surface area contributed by atoms with Crippen LogP contribution in [0.1, 0.15) is 51.3 Å². The number of furan rings is 2. The lowest BCUT2D eigenvalue weighted by Gasteiger charge is -2.34. The molecule has 0 fully saturated rings. The first-order valence-corrected chi connectivity index (χ1v) is 23.5. The molecule has 3 aromatic heterocycles. The minimum atomic E-state index is -0.581. The normalized spacial score (nSPS) is 15.0.